The number of halogens is 3. The van der Waals surface area contributed by atoms with Crippen LogP contribution in [0.3, 0.4) is 0 Å². The molecule has 9 heteroatoms. The molecule has 0 saturated heterocycles. The zero-order valence-electron chi connectivity index (χ0n) is 12.4. The molecule has 0 radical (unpaired) electrons. The highest BCUT2D eigenvalue weighted by Crippen LogP contribution is 2.36. The van der Waals surface area contributed by atoms with E-state index in [0.717, 1.165) is 17.0 Å². The minimum absolute atomic E-state index is 0.177. The number of sulfonamides is 1. The van der Waals surface area contributed by atoms with Crippen molar-refractivity contribution in [3.8, 4) is 0 Å². The van der Waals surface area contributed by atoms with Crippen molar-refractivity contribution in [2.24, 2.45) is 5.14 Å². The third-order valence-electron chi connectivity index (χ3n) is 3.05. The molecule has 0 aliphatic rings. The van der Waals surface area contributed by atoms with E-state index in [4.69, 9.17) is 5.14 Å². The highest BCUT2D eigenvalue weighted by molar-refractivity contribution is 7.99. The van der Waals surface area contributed by atoms with E-state index in [2.05, 4.69) is 5.32 Å². The Hall–Kier alpha value is -1.71. The van der Waals surface area contributed by atoms with Crippen molar-refractivity contribution in [2.45, 2.75) is 16.0 Å². The highest BCUT2D eigenvalue weighted by Gasteiger charge is 2.34. The van der Waals surface area contributed by atoms with Crippen molar-refractivity contribution in [3.05, 3.63) is 54.1 Å². The number of nitrogens with one attached hydrogen (secondary N) is 1. The fourth-order valence-corrected chi connectivity index (χ4v) is 3.29. The van der Waals surface area contributed by atoms with Gasteiger partial charge in [-0.3, -0.25) is 0 Å². The molecule has 0 aliphatic heterocycles. The number of benzene rings is 2. The first-order valence-electron chi connectivity index (χ1n) is 6.84. The molecule has 0 amide bonds. The van der Waals surface area contributed by atoms with Crippen LogP contribution >= 0.6 is 11.8 Å². The van der Waals surface area contributed by atoms with E-state index in [1.807, 2.05) is 30.3 Å². The number of rotatable bonds is 6. The quantitative estimate of drug-likeness (QED) is 0.597. The summed E-state index contributed by atoms with van der Waals surface area (Å²) in [6.07, 6.45) is -4.68. The summed E-state index contributed by atoms with van der Waals surface area (Å²) in [6.45, 7) is 0.289. The van der Waals surface area contributed by atoms with Gasteiger partial charge in [-0.1, -0.05) is 18.2 Å². The summed E-state index contributed by atoms with van der Waals surface area (Å²) in [5, 5.41) is 7.58. The maximum absolute atomic E-state index is 13.1. The van der Waals surface area contributed by atoms with Gasteiger partial charge >= 0.3 is 6.18 Å². The van der Waals surface area contributed by atoms with Gasteiger partial charge in [0.25, 0.3) is 0 Å². The molecule has 2 aromatic rings. The van der Waals surface area contributed by atoms with Gasteiger partial charge in [0.2, 0.25) is 10.0 Å². The van der Waals surface area contributed by atoms with E-state index in [0.29, 0.717) is 11.8 Å². The van der Waals surface area contributed by atoms with Gasteiger partial charge in [0.1, 0.15) is 0 Å². The molecule has 0 aromatic heterocycles. The van der Waals surface area contributed by atoms with E-state index in [9.17, 15) is 21.6 Å². The molecule has 0 spiro atoms. The highest BCUT2D eigenvalue weighted by atomic mass is 32.2. The van der Waals surface area contributed by atoms with Crippen LogP contribution in [-0.4, -0.2) is 20.7 Å². The summed E-state index contributed by atoms with van der Waals surface area (Å²) in [6, 6.07) is 12.1. The minimum atomic E-state index is -4.68. The van der Waals surface area contributed by atoms with Gasteiger partial charge in [0, 0.05) is 22.9 Å². The first kappa shape index (κ1) is 18.6. The van der Waals surface area contributed by atoms with Crippen molar-refractivity contribution in [3.63, 3.8) is 0 Å². The lowest BCUT2D eigenvalue weighted by atomic mass is 10.1. The monoisotopic (exact) mass is 376 g/mol. The van der Waals surface area contributed by atoms with Gasteiger partial charge in [-0.05, 0) is 30.3 Å². The maximum Gasteiger partial charge on any atom is 0.418 e. The Morgan fingerprint density at radius 2 is 1.75 bits per heavy atom. The molecule has 0 fully saturated rings. The van der Waals surface area contributed by atoms with Crippen molar-refractivity contribution in [1.82, 2.24) is 0 Å². The number of hydrogen-bond acceptors (Lipinski definition) is 4. The third-order valence-corrected chi connectivity index (χ3v) is 4.98. The average molecular weight is 376 g/mol. The minimum Gasteiger partial charge on any atom is -0.384 e. The number of anilines is 1. The molecule has 24 heavy (non-hydrogen) atoms. The Bertz CT molecular complexity index is 794. The Labute approximate surface area is 142 Å². The van der Waals surface area contributed by atoms with Crippen LogP contribution in [0.15, 0.2) is 58.3 Å². The SMILES string of the molecule is NS(=O)(=O)c1ccc(NCCSc2ccccc2)c(C(F)(F)F)c1. The topological polar surface area (TPSA) is 72.2 Å². The van der Waals surface area contributed by atoms with Crippen molar-refractivity contribution in [2.75, 3.05) is 17.6 Å². The predicted molar refractivity (Wildman–Crippen MR) is 88.5 cm³/mol. The Morgan fingerprint density at radius 1 is 1.08 bits per heavy atom. The van der Waals surface area contributed by atoms with Crippen molar-refractivity contribution in [1.29, 1.82) is 0 Å². The molecule has 0 heterocycles. The van der Waals surface area contributed by atoms with E-state index in [1.54, 1.807) is 0 Å². The van der Waals surface area contributed by atoms with E-state index in [1.165, 1.54) is 11.8 Å². The molecular formula is C15H15F3N2O2S2. The normalized spacial score (nSPS) is 12.2. The molecule has 2 rings (SSSR count). The predicted octanol–water partition coefficient (Wildman–Crippen LogP) is 3.56. The number of nitrogens with two attached hydrogens (primary N) is 1. The Kier molecular flexibility index (Phi) is 5.79. The van der Waals surface area contributed by atoms with Crippen molar-refractivity contribution >= 4 is 27.5 Å². The third kappa shape index (κ3) is 5.15. The summed E-state index contributed by atoms with van der Waals surface area (Å²) in [5.41, 5.74) is -1.23. The molecule has 0 atom stereocenters. The first-order valence-corrected chi connectivity index (χ1v) is 9.37. The fourth-order valence-electron chi connectivity index (χ4n) is 1.96. The summed E-state index contributed by atoms with van der Waals surface area (Å²) in [7, 11) is -4.20. The Morgan fingerprint density at radius 3 is 2.33 bits per heavy atom. The maximum atomic E-state index is 13.1. The molecule has 4 nitrogen and oxygen atoms in total. The number of thioether (sulfide) groups is 1. The first-order chi connectivity index (χ1) is 11.2. The van der Waals surface area contributed by atoms with Crippen LogP contribution in [-0.2, 0) is 16.2 Å². The van der Waals surface area contributed by atoms with Gasteiger partial charge in [0.15, 0.2) is 0 Å². The zero-order chi connectivity index (χ0) is 17.8. The standard InChI is InChI=1S/C15H15F3N2O2S2/c16-15(17,18)13-10-12(24(19,21)22)6-7-14(13)20-8-9-23-11-4-2-1-3-5-11/h1-7,10,20H,8-9H2,(H2,19,21,22). The van der Waals surface area contributed by atoms with E-state index < -0.39 is 26.7 Å². The summed E-state index contributed by atoms with van der Waals surface area (Å²) in [4.78, 5) is 0.443. The van der Waals surface area contributed by atoms with E-state index in [-0.39, 0.29) is 12.2 Å². The number of hydrogen-bond donors (Lipinski definition) is 2. The van der Waals surface area contributed by atoms with Gasteiger partial charge in [-0.25, -0.2) is 13.6 Å². The van der Waals surface area contributed by atoms with Gasteiger partial charge in [-0.2, -0.15) is 13.2 Å². The van der Waals surface area contributed by atoms with Crippen LogP contribution in [0.4, 0.5) is 18.9 Å². The van der Waals surface area contributed by atoms with Crippen LogP contribution in [0.5, 0.6) is 0 Å². The average Bonchev–Trinajstić information content (AvgIpc) is 2.50. The lowest BCUT2D eigenvalue weighted by Gasteiger charge is -2.15. The fraction of sp³-hybridized carbons (Fsp3) is 0.200. The van der Waals surface area contributed by atoms with Gasteiger partial charge in [0.05, 0.1) is 10.5 Å². The van der Waals surface area contributed by atoms with Crippen LogP contribution in [0.25, 0.3) is 0 Å². The van der Waals surface area contributed by atoms with Gasteiger partial charge in [-0.15, -0.1) is 11.8 Å². The van der Waals surface area contributed by atoms with Crippen molar-refractivity contribution < 1.29 is 21.6 Å². The zero-order valence-corrected chi connectivity index (χ0v) is 14.0. The molecule has 130 valence electrons. The van der Waals surface area contributed by atoms with E-state index >= 15 is 0 Å². The van der Waals surface area contributed by atoms with Crippen LogP contribution in [0.1, 0.15) is 5.56 Å². The summed E-state index contributed by atoms with van der Waals surface area (Å²) < 4.78 is 61.8. The molecule has 0 saturated carbocycles. The molecule has 0 bridgehead atoms. The second-order valence-electron chi connectivity index (χ2n) is 4.84. The Balaban J connectivity index is 2.09. The molecule has 2 aromatic carbocycles. The number of alkyl halides is 3. The largest absolute Gasteiger partial charge is 0.418 e. The summed E-state index contributed by atoms with van der Waals surface area (Å²) >= 11 is 1.50. The van der Waals surface area contributed by atoms with Crippen LogP contribution in [0.2, 0.25) is 0 Å². The smallest absolute Gasteiger partial charge is 0.384 e. The molecular weight excluding hydrogens is 361 g/mol. The summed E-state index contributed by atoms with van der Waals surface area (Å²) in [5.74, 6) is 0.554. The van der Waals surface area contributed by atoms with Crippen LogP contribution in [0, 0.1) is 0 Å². The molecule has 0 aliphatic carbocycles. The lowest BCUT2D eigenvalue weighted by molar-refractivity contribution is -0.137. The van der Waals surface area contributed by atoms with Gasteiger partial charge < -0.3 is 5.32 Å². The molecule has 0 unspecified atom stereocenters. The second kappa shape index (κ2) is 7.45. The molecule has 3 N–H and O–H groups in total. The lowest BCUT2D eigenvalue weighted by Crippen LogP contribution is -2.16. The second-order valence-corrected chi connectivity index (χ2v) is 7.57. The number of primary sulfonamides is 1. The van der Waals surface area contributed by atoms with Crippen LogP contribution < -0.4 is 10.5 Å².